The quantitative estimate of drug-likeness (QED) is 0.471. The highest BCUT2D eigenvalue weighted by molar-refractivity contribution is 5.81. The second kappa shape index (κ2) is 8.32. The number of benzene rings is 1. The number of hydrogen-bond acceptors (Lipinski definition) is 5. The van der Waals surface area contributed by atoms with Gasteiger partial charge in [-0.1, -0.05) is 12.1 Å². The first-order chi connectivity index (χ1) is 10.3. The molecule has 0 saturated carbocycles. The molecule has 0 aliphatic carbocycles. The molecule has 0 radical (unpaired) electrons. The average Bonchev–Trinajstić information content (AvgIpc) is 2.51. The zero-order valence-corrected chi connectivity index (χ0v) is 12.3. The minimum absolute atomic E-state index is 0.300. The van der Waals surface area contributed by atoms with E-state index in [1.54, 1.807) is 13.0 Å². The molecule has 0 atom stereocenters. The number of fused-ring (bicyclic) bond motifs is 1. The fourth-order valence-corrected chi connectivity index (χ4v) is 2.01. The van der Waals surface area contributed by atoms with Crippen LogP contribution in [0.3, 0.4) is 0 Å². The summed E-state index contributed by atoms with van der Waals surface area (Å²) in [5, 5.41) is 3.24. The molecule has 21 heavy (non-hydrogen) atoms. The Kier molecular flexibility index (Phi) is 6.09. The highest BCUT2D eigenvalue weighted by atomic mass is 16.6. The van der Waals surface area contributed by atoms with Crippen LogP contribution in [-0.2, 0) is 16.0 Å². The molecule has 0 spiro atoms. The van der Waals surface area contributed by atoms with Gasteiger partial charge in [-0.05, 0) is 37.6 Å². The first-order valence-corrected chi connectivity index (χ1v) is 7.22. The molecule has 0 bridgehead atoms. The summed E-state index contributed by atoms with van der Waals surface area (Å²) in [4.78, 5) is 11.1. The fraction of sp³-hybridized carbons (Fsp3) is 0.438. The number of rotatable bonds is 7. The first kappa shape index (κ1) is 15.4. The van der Waals surface area contributed by atoms with Crippen LogP contribution >= 0.6 is 0 Å². The maximum atomic E-state index is 11.1. The summed E-state index contributed by atoms with van der Waals surface area (Å²) in [6, 6.07) is 6.01. The lowest BCUT2D eigenvalue weighted by Crippen LogP contribution is -2.18. The van der Waals surface area contributed by atoms with Crippen LogP contribution in [0.15, 0.2) is 30.4 Å². The van der Waals surface area contributed by atoms with Gasteiger partial charge in [0, 0.05) is 12.6 Å². The number of carbonyl (C=O) groups is 1. The standard InChI is InChI=1S/C16H21NO4/c1-2-19-16(18)4-3-8-17-9-7-13-5-6-14-15(12-13)21-11-10-20-14/h3-6,12,17H,2,7-11H2,1H3/b4-3+. The van der Waals surface area contributed by atoms with Gasteiger partial charge in [0.15, 0.2) is 11.5 Å². The topological polar surface area (TPSA) is 56.8 Å². The molecular weight excluding hydrogens is 270 g/mol. The van der Waals surface area contributed by atoms with Crippen molar-refractivity contribution in [1.29, 1.82) is 0 Å². The molecule has 1 heterocycles. The molecule has 0 amide bonds. The van der Waals surface area contributed by atoms with Crippen LogP contribution in [0.5, 0.6) is 11.5 Å². The van der Waals surface area contributed by atoms with E-state index in [1.165, 1.54) is 11.6 Å². The van der Waals surface area contributed by atoms with Crippen LogP contribution in [0.25, 0.3) is 0 Å². The summed E-state index contributed by atoms with van der Waals surface area (Å²) < 4.78 is 15.8. The third-order valence-corrected chi connectivity index (χ3v) is 3.00. The first-order valence-electron chi connectivity index (χ1n) is 7.22. The van der Waals surface area contributed by atoms with Crippen molar-refractivity contribution in [2.24, 2.45) is 0 Å². The Morgan fingerprint density at radius 3 is 2.95 bits per heavy atom. The van der Waals surface area contributed by atoms with Crippen LogP contribution in [0, 0.1) is 0 Å². The smallest absolute Gasteiger partial charge is 0.330 e. The number of hydrogen-bond donors (Lipinski definition) is 1. The van der Waals surface area contributed by atoms with Crippen LogP contribution < -0.4 is 14.8 Å². The van der Waals surface area contributed by atoms with Crippen molar-refractivity contribution in [3.05, 3.63) is 35.9 Å². The molecule has 1 aliphatic rings. The van der Waals surface area contributed by atoms with Gasteiger partial charge < -0.3 is 19.5 Å². The number of esters is 1. The van der Waals surface area contributed by atoms with Crippen molar-refractivity contribution < 1.29 is 19.0 Å². The van der Waals surface area contributed by atoms with Crippen LogP contribution in [0.2, 0.25) is 0 Å². The lowest BCUT2D eigenvalue weighted by molar-refractivity contribution is -0.137. The molecule has 0 saturated heterocycles. The second-order valence-corrected chi connectivity index (χ2v) is 4.59. The molecule has 1 N–H and O–H groups in total. The SMILES string of the molecule is CCOC(=O)/C=C/CNCCc1ccc2c(c1)OCCO2. The second-order valence-electron chi connectivity index (χ2n) is 4.59. The monoisotopic (exact) mass is 291 g/mol. The van der Waals surface area contributed by atoms with Gasteiger partial charge in [0.25, 0.3) is 0 Å². The Bertz CT molecular complexity index is 499. The zero-order chi connectivity index (χ0) is 14.9. The van der Waals surface area contributed by atoms with Gasteiger partial charge in [-0.2, -0.15) is 0 Å². The molecule has 5 nitrogen and oxygen atoms in total. The van der Waals surface area contributed by atoms with Gasteiger partial charge in [-0.25, -0.2) is 4.79 Å². The van der Waals surface area contributed by atoms with Crippen molar-refractivity contribution in [3.8, 4) is 11.5 Å². The van der Waals surface area contributed by atoms with E-state index >= 15 is 0 Å². The molecule has 5 heteroatoms. The molecule has 1 aromatic carbocycles. The normalized spacial score (nSPS) is 13.4. The van der Waals surface area contributed by atoms with Crippen molar-refractivity contribution in [1.82, 2.24) is 5.32 Å². The predicted molar refractivity (Wildman–Crippen MR) is 79.8 cm³/mol. The minimum atomic E-state index is -0.300. The van der Waals surface area contributed by atoms with Gasteiger partial charge in [0.2, 0.25) is 0 Å². The molecule has 0 fully saturated rings. The number of carbonyl (C=O) groups excluding carboxylic acids is 1. The van der Waals surface area contributed by atoms with Crippen LogP contribution in [-0.4, -0.2) is 38.9 Å². The third kappa shape index (κ3) is 5.11. The third-order valence-electron chi connectivity index (χ3n) is 3.00. The summed E-state index contributed by atoms with van der Waals surface area (Å²) in [7, 11) is 0. The van der Waals surface area contributed by atoms with Crippen LogP contribution in [0.1, 0.15) is 12.5 Å². The van der Waals surface area contributed by atoms with Crippen molar-refractivity contribution >= 4 is 5.97 Å². The lowest BCUT2D eigenvalue weighted by Gasteiger charge is -2.18. The van der Waals surface area contributed by atoms with E-state index in [-0.39, 0.29) is 5.97 Å². The van der Waals surface area contributed by atoms with Gasteiger partial charge in [-0.3, -0.25) is 0 Å². The highest BCUT2D eigenvalue weighted by Gasteiger charge is 2.11. The lowest BCUT2D eigenvalue weighted by atomic mass is 10.1. The Hall–Kier alpha value is -2.01. The Balaban J connectivity index is 1.68. The number of ether oxygens (including phenoxy) is 3. The fourth-order valence-electron chi connectivity index (χ4n) is 2.01. The van der Waals surface area contributed by atoms with E-state index in [0.29, 0.717) is 26.4 Å². The highest BCUT2D eigenvalue weighted by Crippen LogP contribution is 2.30. The van der Waals surface area contributed by atoms with E-state index in [4.69, 9.17) is 14.2 Å². The van der Waals surface area contributed by atoms with E-state index in [2.05, 4.69) is 5.32 Å². The summed E-state index contributed by atoms with van der Waals surface area (Å²) in [5.74, 6) is 1.34. The van der Waals surface area contributed by atoms with E-state index in [1.807, 2.05) is 18.2 Å². The van der Waals surface area contributed by atoms with E-state index in [0.717, 1.165) is 24.5 Å². The molecule has 1 aromatic rings. The summed E-state index contributed by atoms with van der Waals surface area (Å²) in [6.45, 7) is 4.88. The van der Waals surface area contributed by atoms with Crippen LogP contribution in [0.4, 0.5) is 0 Å². The van der Waals surface area contributed by atoms with Crippen molar-refractivity contribution in [3.63, 3.8) is 0 Å². The minimum Gasteiger partial charge on any atom is -0.486 e. The summed E-state index contributed by atoms with van der Waals surface area (Å²) in [5.41, 5.74) is 1.20. The largest absolute Gasteiger partial charge is 0.486 e. The van der Waals surface area contributed by atoms with Gasteiger partial charge in [-0.15, -0.1) is 0 Å². The molecule has 0 aromatic heterocycles. The van der Waals surface area contributed by atoms with Gasteiger partial charge in [0.05, 0.1) is 6.61 Å². The molecule has 1 aliphatic heterocycles. The molecule has 2 rings (SSSR count). The zero-order valence-electron chi connectivity index (χ0n) is 12.3. The predicted octanol–water partition coefficient (Wildman–Crippen LogP) is 1.71. The van der Waals surface area contributed by atoms with Gasteiger partial charge in [0.1, 0.15) is 13.2 Å². The molecule has 114 valence electrons. The van der Waals surface area contributed by atoms with E-state index < -0.39 is 0 Å². The summed E-state index contributed by atoms with van der Waals surface area (Å²) >= 11 is 0. The van der Waals surface area contributed by atoms with Crippen molar-refractivity contribution in [2.45, 2.75) is 13.3 Å². The Morgan fingerprint density at radius 2 is 2.14 bits per heavy atom. The maximum Gasteiger partial charge on any atom is 0.330 e. The average molecular weight is 291 g/mol. The Morgan fingerprint density at radius 1 is 1.33 bits per heavy atom. The number of nitrogens with one attached hydrogen (secondary N) is 1. The summed E-state index contributed by atoms with van der Waals surface area (Å²) in [6.07, 6.45) is 4.10. The molecular formula is C16H21NO4. The van der Waals surface area contributed by atoms with E-state index in [9.17, 15) is 4.79 Å². The van der Waals surface area contributed by atoms with Crippen molar-refractivity contribution in [2.75, 3.05) is 32.9 Å². The Labute approximate surface area is 124 Å². The van der Waals surface area contributed by atoms with Gasteiger partial charge >= 0.3 is 5.97 Å². The maximum absolute atomic E-state index is 11.1. The molecule has 0 unspecified atom stereocenters.